The zero-order chi connectivity index (χ0) is 15.8. The standard InChI is InChI=1S/C13H15N3O3S2/c1-7-4-10(14)8(2)12(5-7)21(18,19)16-13-15-11(6-20-13)9(3)17/h4-6H,14H2,1-3H3,(H,15,16). The molecule has 112 valence electrons. The number of Topliss-reactive ketones (excluding diaryl/α,β-unsaturated/α-hetero) is 1. The Morgan fingerprint density at radius 2 is 2.00 bits per heavy atom. The summed E-state index contributed by atoms with van der Waals surface area (Å²) in [6.45, 7) is 4.79. The summed E-state index contributed by atoms with van der Waals surface area (Å²) in [6, 6.07) is 3.26. The molecule has 1 aromatic heterocycles. The molecule has 0 amide bonds. The van der Waals surface area contributed by atoms with Crippen LogP contribution in [0.4, 0.5) is 10.8 Å². The van der Waals surface area contributed by atoms with Crippen LogP contribution in [-0.4, -0.2) is 19.2 Å². The molecule has 0 aliphatic heterocycles. The number of benzene rings is 1. The molecular formula is C13H15N3O3S2. The number of nitrogens with two attached hydrogens (primary N) is 1. The topological polar surface area (TPSA) is 102 Å². The van der Waals surface area contributed by atoms with Crippen LogP contribution < -0.4 is 10.5 Å². The van der Waals surface area contributed by atoms with Crippen LogP contribution in [0, 0.1) is 13.8 Å². The summed E-state index contributed by atoms with van der Waals surface area (Å²) in [5.74, 6) is -0.215. The molecule has 0 aliphatic rings. The van der Waals surface area contributed by atoms with Crippen LogP contribution in [0.1, 0.15) is 28.5 Å². The third-order valence-electron chi connectivity index (χ3n) is 2.92. The second-order valence-corrected chi connectivity index (χ2v) is 7.19. The second kappa shape index (κ2) is 5.45. The van der Waals surface area contributed by atoms with Crippen molar-refractivity contribution in [1.82, 2.24) is 4.98 Å². The summed E-state index contributed by atoms with van der Waals surface area (Å²) >= 11 is 1.06. The molecule has 1 aromatic carbocycles. The quantitative estimate of drug-likeness (QED) is 0.663. The average Bonchev–Trinajstić information content (AvgIpc) is 2.81. The fraction of sp³-hybridized carbons (Fsp3) is 0.231. The summed E-state index contributed by atoms with van der Waals surface area (Å²) < 4.78 is 27.2. The third kappa shape index (κ3) is 3.22. The van der Waals surface area contributed by atoms with Crippen LogP contribution in [0.3, 0.4) is 0 Å². The fourth-order valence-electron chi connectivity index (χ4n) is 1.78. The van der Waals surface area contributed by atoms with Crippen molar-refractivity contribution in [3.05, 3.63) is 34.3 Å². The summed E-state index contributed by atoms with van der Waals surface area (Å²) in [4.78, 5) is 15.2. The molecular weight excluding hydrogens is 310 g/mol. The van der Waals surface area contributed by atoms with E-state index in [2.05, 4.69) is 9.71 Å². The zero-order valence-corrected chi connectivity index (χ0v) is 13.4. The van der Waals surface area contributed by atoms with Gasteiger partial charge in [0.1, 0.15) is 5.69 Å². The van der Waals surface area contributed by atoms with Gasteiger partial charge in [-0.15, -0.1) is 11.3 Å². The van der Waals surface area contributed by atoms with Crippen molar-refractivity contribution >= 4 is 38.0 Å². The number of rotatable bonds is 4. The van der Waals surface area contributed by atoms with Crippen LogP contribution in [0.5, 0.6) is 0 Å². The maximum absolute atomic E-state index is 12.4. The van der Waals surface area contributed by atoms with E-state index in [0.717, 1.165) is 16.9 Å². The maximum atomic E-state index is 12.4. The molecule has 6 nitrogen and oxygen atoms in total. The van der Waals surface area contributed by atoms with Gasteiger partial charge in [-0.25, -0.2) is 13.4 Å². The zero-order valence-electron chi connectivity index (χ0n) is 11.8. The lowest BCUT2D eigenvalue weighted by molar-refractivity contribution is 0.101. The van der Waals surface area contributed by atoms with Gasteiger partial charge in [-0.05, 0) is 37.1 Å². The first-order valence-corrected chi connectivity index (χ1v) is 8.43. The summed E-state index contributed by atoms with van der Waals surface area (Å²) in [6.07, 6.45) is 0. The van der Waals surface area contributed by atoms with E-state index in [1.807, 2.05) is 0 Å². The molecule has 0 fully saturated rings. The lowest BCUT2D eigenvalue weighted by Gasteiger charge is -2.11. The first kappa shape index (κ1) is 15.5. The van der Waals surface area contributed by atoms with Crippen molar-refractivity contribution in [2.75, 3.05) is 10.5 Å². The molecule has 0 spiro atoms. The normalized spacial score (nSPS) is 11.4. The van der Waals surface area contributed by atoms with Gasteiger partial charge >= 0.3 is 0 Å². The van der Waals surface area contributed by atoms with E-state index in [0.29, 0.717) is 11.3 Å². The SMILES string of the molecule is CC(=O)c1csc(NS(=O)(=O)c2cc(C)cc(N)c2C)n1. The van der Waals surface area contributed by atoms with E-state index in [1.165, 1.54) is 12.3 Å². The third-order valence-corrected chi connectivity index (χ3v) is 5.27. The number of nitrogens with zero attached hydrogens (tertiary/aromatic N) is 1. The molecule has 0 atom stereocenters. The van der Waals surface area contributed by atoms with Gasteiger partial charge in [-0.3, -0.25) is 9.52 Å². The molecule has 21 heavy (non-hydrogen) atoms. The number of anilines is 2. The van der Waals surface area contributed by atoms with Crippen LogP contribution in [0.15, 0.2) is 22.4 Å². The number of nitrogens with one attached hydrogen (secondary N) is 1. The van der Waals surface area contributed by atoms with Crippen molar-refractivity contribution in [2.45, 2.75) is 25.7 Å². The molecule has 0 saturated carbocycles. The maximum Gasteiger partial charge on any atom is 0.264 e. The second-order valence-electron chi connectivity index (χ2n) is 4.68. The van der Waals surface area contributed by atoms with Gasteiger partial charge in [0.2, 0.25) is 0 Å². The van der Waals surface area contributed by atoms with E-state index in [-0.39, 0.29) is 21.5 Å². The average molecular weight is 325 g/mol. The first-order chi connectivity index (χ1) is 9.70. The summed E-state index contributed by atoms with van der Waals surface area (Å²) in [5, 5.41) is 1.66. The highest BCUT2D eigenvalue weighted by atomic mass is 32.2. The molecule has 0 unspecified atom stereocenters. The highest BCUT2D eigenvalue weighted by Gasteiger charge is 2.20. The lowest BCUT2D eigenvalue weighted by atomic mass is 10.1. The van der Waals surface area contributed by atoms with Crippen molar-refractivity contribution in [2.24, 2.45) is 0 Å². The van der Waals surface area contributed by atoms with Crippen LogP contribution in [0.2, 0.25) is 0 Å². The number of sulfonamides is 1. The Hall–Kier alpha value is -1.93. The number of aromatic nitrogens is 1. The lowest BCUT2D eigenvalue weighted by Crippen LogP contribution is -2.15. The van der Waals surface area contributed by atoms with Crippen molar-refractivity contribution < 1.29 is 13.2 Å². The smallest absolute Gasteiger partial charge is 0.264 e. The van der Waals surface area contributed by atoms with Gasteiger partial charge in [0.25, 0.3) is 10.0 Å². The van der Waals surface area contributed by atoms with Crippen molar-refractivity contribution in [3.8, 4) is 0 Å². The fourth-order valence-corrected chi connectivity index (χ4v) is 4.15. The summed E-state index contributed by atoms with van der Waals surface area (Å²) in [5.41, 5.74) is 7.69. The van der Waals surface area contributed by atoms with Gasteiger partial charge in [-0.1, -0.05) is 0 Å². The van der Waals surface area contributed by atoms with Gasteiger partial charge in [0, 0.05) is 18.0 Å². The molecule has 2 rings (SSSR count). The summed E-state index contributed by atoms with van der Waals surface area (Å²) in [7, 11) is -3.79. The molecule has 0 saturated heterocycles. The predicted molar refractivity (Wildman–Crippen MR) is 83.3 cm³/mol. The van der Waals surface area contributed by atoms with Crippen LogP contribution in [-0.2, 0) is 10.0 Å². The van der Waals surface area contributed by atoms with Crippen LogP contribution in [0.25, 0.3) is 0 Å². The highest BCUT2D eigenvalue weighted by molar-refractivity contribution is 7.93. The molecule has 0 aliphatic carbocycles. The number of nitrogen functional groups attached to an aromatic ring is 1. The van der Waals surface area contributed by atoms with E-state index in [1.54, 1.807) is 26.0 Å². The number of thiazole rings is 1. The Bertz CT molecular complexity index is 810. The minimum Gasteiger partial charge on any atom is -0.398 e. The van der Waals surface area contributed by atoms with Crippen LogP contribution >= 0.6 is 11.3 Å². The van der Waals surface area contributed by atoms with Crippen molar-refractivity contribution in [1.29, 1.82) is 0 Å². The Kier molecular flexibility index (Phi) is 4.02. The van der Waals surface area contributed by atoms with Gasteiger partial charge in [0.05, 0.1) is 4.90 Å². The Morgan fingerprint density at radius 1 is 1.33 bits per heavy atom. The van der Waals surface area contributed by atoms with Crippen molar-refractivity contribution in [3.63, 3.8) is 0 Å². The number of ketones is 1. The Labute approximate surface area is 127 Å². The molecule has 0 radical (unpaired) electrons. The number of carbonyl (C=O) groups is 1. The van der Waals surface area contributed by atoms with Gasteiger partial charge in [0.15, 0.2) is 10.9 Å². The first-order valence-electron chi connectivity index (χ1n) is 6.06. The molecule has 2 aromatic rings. The van der Waals surface area contributed by atoms with E-state index in [9.17, 15) is 13.2 Å². The van der Waals surface area contributed by atoms with E-state index < -0.39 is 10.0 Å². The number of aryl methyl sites for hydroxylation is 1. The molecule has 0 bridgehead atoms. The Balaban J connectivity index is 2.40. The Morgan fingerprint density at radius 3 is 2.57 bits per heavy atom. The monoisotopic (exact) mass is 325 g/mol. The minimum atomic E-state index is -3.79. The number of hydrogen-bond donors (Lipinski definition) is 2. The highest BCUT2D eigenvalue weighted by Crippen LogP contribution is 2.26. The predicted octanol–water partition coefficient (Wildman–Crippen LogP) is 2.35. The molecule has 8 heteroatoms. The van der Waals surface area contributed by atoms with E-state index in [4.69, 9.17) is 5.73 Å². The number of carbonyl (C=O) groups excluding carboxylic acids is 1. The van der Waals surface area contributed by atoms with Gasteiger partial charge < -0.3 is 5.73 Å². The largest absolute Gasteiger partial charge is 0.398 e. The van der Waals surface area contributed by atoms with E-state index >= 15 is 0 Å². The molecule has 3 N–H and O–H groups in total. The minimum absolute atomic E-state index is 0.111. The number of hydrogen-bond acceptors (Lipinski definition) is 6. The molecule has 1 heterocycles. The van der Waals surface area contributed by atoms with Gasteiger partial charge in [-0.2, -0.15) is 0 Å².